The molecule has 0 saturated carbocycles. The summed E-state index contributed by atoms with van der Waals surface area (Å²) in [7, 11) is 1.59. The van der Waals surface area contributed by atoms with Crippen LogP contribution >= 0.6 is 0 Å². The second-order valence-corrected chi connectivity index (χ2v) is 3.84. The molecule has 0 spiro atoms. The third-order valence-electron chi connectivity index (χ3n) is 2.68. The van der Waals surface area contributed by atoms with Crippen LogP contribution in [0.4, 0.5) is 0 Å². The zero-order chi connectivity index (χ0) is 13.0. The Hall–Kier alpha value is -2.54. The van der Waals surface area contributed by atoms with Gasteiger partial charge in [0.25, 0.3) is 5.91 Å². The number of amides is 1. The van der Waals surface area contributed by atoms with Crippen LogP contribution in [0.5, 0.6) is 0 Å². The van der Waals surface area contributed by atoms with Crippen molar-refractivity contribution in [3.8, 4) is 6.07 Å². The van der Waals surface area contributed by atoms with E-state index in [1.54, 1.807) is 19.2 Å². The monoisotopic (exact) mass is 240 g/mol. The second kappa shape index (κ2) is 5.19. The van der Waals surface area contributed by atoms with E-state index in [0.717, 1.165) is 5.56 Å². The third-order valence-corrected chi connectivity index (χ3v) is 2.68. The summed E-state index contributed by atoms with van der Waals surface area (Å²) in [5.41, 5.74) is 0.780. The Bertz CT molecular complexity index is 555. The Morgan fingerprint density at radius 3 is 2.56 bits per heavy atom. The maximum atomic E-state index is 12.1. The van der Waals surface area contributed by atoms with Crippen LogP contribution in [-0.2, 0) is 0 Å². The molecule has 2 aromatic rings. The molecule has 90 valence electrons. The van der Waals surface area contributed by atoms with Crippen molar-refractivity contribution in [1.29, 1.82) is 5.26 Å². The first kappa shape index (κ1) is 11.9. The Balaban J connectivity index is 2.24. The predicted molar refractivity (Wildman–Crippen MR) is 65.6 cm³/mol. The molecule has 0 saturated heterocycles. The first-order valence-electron chi connectivity index (χ1n) is 5.49. The molecule has 0 radical (unpaired) electrons. The highest BCUT2D eigenvalue weighted by atomic mass is 16.3. The van der Waals surface area contributed by atoms with Crippen LogP contribution in [0, 0.1) is 11.3 Å². The maximum Gasteiger partial charge on any atom is 0.290 e. The van der Waals surface area contributed by atoms with Crippen molar-refractivity contribution in [3.05, 3.63) is 60.1 Å². The van der Waals surface area contributed by atoms with Crippen molar-refractivity contribution in [1.82, 2.24) is 4.90 Å². The van der Waals surface area contributed by atoms with E-state index in [9.17, 15) is 10.1 Å². The fourth-order valence-corrected chi connectivity index (χ4v) is 1.71. The van der Waals surface area contributed by atoms with E-state index in [2.05, 4.69) is 6.07 Å². The van der Waals surface area contributed by atoms with Gasteiger partial charge in [0.15, 0.2) is 5.76 Å². The summed E-state index contributed by atoms with van der Waals surface area (Å²) in [6.07, 6.45) is 1.44. The van der Waals surface area contributed by atoms with Crippen molar-refractivity contribution >= 4 is 5.91 Å². The lowest BCUT2D eigenvalue weighted by Gasteiger charge is -2.21. The number of hydrogen-bond donors (Lipinski definition) is 0. The van der Waals surface area contributed by atoms with Crippen LogP contribution in [0.2, 0.25) is 0 Å². The number of benzene rings is 1. The highest BCUT2D eigenvalue weighted by Crippen LogP contribution is 2.20. The summed E-state index contributed by atoms with van der Waals surface area (Å²) in [5, 5.41) is 9.22. The van der Waals surface area contributed by atoms with E-state index < -0.39 is 6.04 Å². The summed E-state index contributed by atoms with van der Waals surface area (Å²) in [4.78, 5) is 13.4. The zero-order valence-electron chi connectivity index (χ0n) is 9.91. The predicted octanol–water partition coefficient (Wildman–Crippen LogP) is 2.62. The lowest BCUT2D eigenvalue weighted by molar-refractivity contribution is 0.0731. The molecule has 1 amide bonds. The van der Waals surface area contributed by atoms with Crippen LogP contribution in [0.3, 0.4) is 0 Å². The third kappa shape index (κ3) is 2.25. The molecule has 4 nitrogen and oxygen atoms in total. The van der Waals surface area contributed by atoms with E-state index in [4.69, 9.17) is 4.42 Å². The van der Waals surface area contributed by atoms with Gasteiger partial charge in [-0.25, -0.2) is 0 Å². The van der Waals surface area contributed by atoms with Gasteiger partial charge in [0.05, 0.1) is 12.3 Å². The lowest BCUT2D eigenvalue weighted by Crippen LogP contribution is -2.30. The van der Waals surface area contributed by atoms with Gasteiger partial charge in [-0.15, -0.1) is 0 Å². The molecule has 1 unspecified atom stereocenters. The standard InChI is InChI=1S/C14H12N2O2/c1-16(14(17)13-8-5-9-18-13)12(10-15)11-6-3-2-4-7-11/h2-9,12H,1H3. The molecule has 0 N–H and O–H groups in total. The number of rotatable bonds is 3. The molecule has 18 heavy (non-hydrogen) atoms. The van der Waals surface area contributed by atoms with Gasteiger partial charge in [-0.2, -0.15) is 5.26 Å². The van der Waals surface area contributed by atoms with Crippen molar-refractivity contribution in [2.24, 2.45) is 0 Å². The molecule has 1 aromatic carbocycles. The molecule has 0 aliphatic heterocycles. The van der Waals surface area contributed by atoms with E-state index in [0.29, 0.717) is 0 Å². The summed E-state index contributed by atoms with van der Waals surface area (Å²) in [6.45, 7) is 0. The molecule has 0 aliphatic rings. The Morgan fingerprint density at radius 1 is 1.28 bits per heavy atom. The van der Waals surface area contributed by atoms with Crippen molar-refractivity contribution in [2.75, 3.05) is 7.05 Å². The topological polar surface area (TPSA) is 57.2 Å². The second-order valence-electron chi connectivity index (χ2n) is 3.84. The summed E-state index contributed by atoms with van der Waals surface area (Å²) >= 11 is 0. The van der Waals surface area contributed by atoms with E-state index in [1.165, 1.54) is 11.2 Å². The molecule has 1 aromatic heterocycles. The van der Waals surface area contributed by atoms with Gasteiger partial charge in [0.1, 0.15) is 6.04 Å². The molecular weight excluding hydrogens is 228 g/mol. The largest absolute Gasteiger partial charge is 0.459 e. The molecule has 0 bridgehead atoms. The average molecular weight is 240 g/mol. The number of hydrogen-bond acceptors (Lipinski definition) is 3. The van der Waals surface area contributed by atoms with Gasteiger partial charge in [-0.3, -0.25) is 4.79 Å². The zero-order valence-corrected chi connectivity index (χ0v) is 9.91. The first-order chi connectivity index (χ1) is 8.74. The van der Waals surface area contributed by atoms with Gasteiger partial charge in [0, 0.05) is 7.05 Å². The van der Waals surface area contributed by atoms with Gasteiger partial charge in [-0.05, 0) is 17.7 Å². The van der Waals surface area contributed by atoms with Gasteiger partial charge in [-0.1, -0.05) is 30.3 Å². The molecule has 0 aliphatic carbocycles. The van der Waals surface area contributed by atoms with E-state index >= 15 is 0 Å². The quantitative estimate of drug-likeness (QED) is 0.828. The normalized spacial score (nSPS) is 11.6. The maximum absolute atomic E-state index is 12.1. The Morgan fingerprint density at radius 2 is 2.00 bits per heavy atom. The van der Waals surface area contributed by atoms with Gasteiger partial charge >= 0.3 is 0 Å². The van der Waals surface area contributed by atoms with Crippen LogP contribution in [0.1, 0.15) is 22.2 Å². The van der Waals surface area contributed by atoms with E-state index in [-0.39, 0.29) is 11.7 Å². The summed E-state index contributed by atoms with van der Waals surface area (Å²) < 4.78 is 5.05. The van der Waals surface area contributed by atoms with E-state index in [1.807, 2.05) is 30.3 Å². The smallest absolute Gasteiger partial charge is 0.290 e. The van der Waals surface area contributed by atoms with Crippen molar-refractivity contribution in [3.63, 3.8) is 0 Å². The van der Waals surface area contributed by atoms with Crippen LogP contribution in [-0.4, -0.2) is 17.9 Å². The van der Waals surface area contributed by atoms with Gasteiger partial charge in [0.2, 0.25) is 0 Å². The number of furan rings is 1. The summed E-state index contributed by atoms with van der Waals surface area (Å²) in [6, 6.07) is 13.9. The van der Waals surface area contributed by atoms with Crippen LogP contribution < -0.4 is 0 Å². The highest BCUT2D eigenvalue weighted by Gasteiger charge is 2.23. The highest BCUT2D eigenvalue weighted by molar-refractivity contribution is 5.91. The van der Waals surface area contributed by atoms with Crippen LogP contribution in [0.15, 0.2) is 53.1 Å². The Kier molecular flexibility index (Phi) is 3.44. The minimum absolute atomic E-state index is 0.230. The average Bonchev–Trinajstić information content (AvgIpc) is 2.94. The molecule has 1 atom stereocenters. The summed E-state index contributed by atoms with van der Waals surface area (Å²) in [5.74, 6) is -0.0796. The first-order valence-corrected chi connectivity index (χ1v) is 5.49. The molecule has 0 fully saturated rings. The molecular formula is C14H12N2O2. The number of carbonyl (C=O) groups is 1. The number of nitriles is 1. The van der Waals surface area contributed by atoms with Gasteiger partial charge < -0.3 is 9.32 Å². The fraction of sp³-hybridized carbons (Fsp3) is 0.143. The molecule has 1 heterocycles. The molecule has 4 heteroatoms. The SMILES string of the molecule is CN(C(=O)c1ccco1)C(C#N)c1ccccc1. The number of nitrogens with zero attached hydrogens (tertiary/aromatic N) is 2. The lowest BCUT2D eigenvalue weighted by atomic mass is 10.1. The molecule has 2 rings (SSSR count). The Labute approximate surface area is 105 Å². The van der Waals surface area contributed by atoms with Crippen LogP contribution in [0.25, 0.3) is 0 Å². The number of carbonyl (C=O) groups excluding carboxylic acids is 1. The minimum Gasteiger partial charge on any atom is -0.459 e. The fourth-order valence-electron chi connectivity index (χ4n) is 1.71. The van der Waals surface area contributed by atoms with Crippen molar-refractivity contribution < 1.29 is 9.21 Å². The van der Waals surface area contributed by atoms with Crippen molar-refractivity contribution in [2.45, 2.75) is 6.04 Å². The minimum atomic E-state index is -0.621.